The van der Waals surface area contributed by atoms with Crippen molar-refractivity contribution in [3.63, 3.8) is 0 Å². The number of nitrogens with two attached hydrogens (primary N) is 1. The minimum Gasteiger partial charge on any atom is -0.330 e. The molecule has 0 radical (unpaired) electrons. The van der Waals surface area contributed by atoms with Gasteiger partial charge in [0.2, 0.25) is 10.0 Å². The molecular formula is C16H28N2O2S. The second-order valence-electron chi connectivity index (χ2n) is 5.29. The van der Waals surface area contributed by atoms with E-state index in [9.17, 15) is 8.42 Å². The number of rotatable bonds is 10. The van der Waals surface area contributed by atoms with Gasteiger partial charge in [0.15, 0.2) is 0 Å². The first-order valence-electron chi connectivity index (χ1n) is 7.85. The molecule has 120 valence electrons. The largest absolute Gasteiger partial charge is 0.330 e. The van der Waals surface area contributed by atoms with E-state index >= 15 is 0 Å². The molecule has 0 amide bonds. The topological polar surface area (TPSA) is 63.4 Å². The summed E-state index contributed by atoms with van der Waals surface area (Å²) in [4.78, 5) is 0.395. The lowest BCUT2D eigenvalue weighted by Crippen LogP contribution is -2.32. The zero-order valence-corrected chi connectivity index (χ0v) is 14.0. The Balaban J connectivity index is 2.82. The Bertz CT molecular complexity index is 492. The third-order valence-electron chi connectivity index (χ3n) is 3.43. The molecule has 0 saturated carbocycles. The van der Waals surface area contributed by atoms with Gasteiger partial charge in [-0.2, -0.15) is 4.31 Å². The van der Waals surface area contributed by atoms with E-state index in [0.717, 1.165) is 32.1 Å². The van der Waals surface area contributed by atoms with Gasteiger partial charge in [0, 0.05) is 13.1 Å². The number of sulfonamides is 1. The van der Waals surface area contributed by atoms with Gasteiger partial charge in [-0.05, 0) is 56.3 Å². The highest BCUT2D eigenvalue weighted by molar-refractivity contribution is 7.89. The maximum atomic E-state index is 12.6. The van der Waals surface area contributed by atoms with Gasteiger partial charge in [-0.3, -0.25) is 0 Å². The predicted octanol–water partition coefficient (Wildman–Crippen LogP) is 2.78. The van der Waals surface area contributed by atoms with Gasteiger partial charge in [0.05, 0.1) is 4.90 Å². The fourth-order valence-corrected chi connectivity index (χ4v) is 3.93. The van der Waals surface area contributed by atoms with Crippen molar-refractivity contribution in [2.45, 2.75) is 50.8 Å². The van der Waals surface area contributed by atoms with Gasteiger partial charge in [0.1, 0.15) is 0 Å². The van der Waals surface area contributed by atoms with Crippen LogP contribution in [-0.2, 0) is 16.4 Å². The van der Waals surface area contributed by atoms with Crippen molar-refractivity contribution in [1.82, 2.24) is 4.31 Å². The summed E-state index contributed by atoms with van der Waals surface area (Å²) in [6.45, 7) is 5.86. The van der Waals surface area contributed by atoms with Crippen LogP contribution in [0.4, 0.5) is 0 Å². The van der Waals surface area contributed by atoms with Gasteiger partial charge >= 0.3 is 0 Å². The van der Waals surface area contributed by atoms with E-state index in [2.05, 4.69) is 0 Å². The molecule has 1 aromatic rings. The third kappa shape index (κ3) is 5.41. The van der Waals surface area contributed by atoms with Gasteiger partial charge in [-0.1, -0.05) is 26.0 Å². The summed E-state index contributed by atoms with van der Waals surface area (Å²) >= 11 is 0. The molecule has 21 heavy (non-hydrogen) atoms. The van der Waals surface area contributed by atoms with E-state index in [0.29, 0.717) is 24.5 Å². The number of aryl methyl sites for hydroxylation is 1. The summed E-state index contributed by atoms with van der Waals surface area (Å²) < 4.78 is 26.8. The van der Waals surface area contributed by atoms with Crippen LogP contribution in [0, 0.1) is 0 Å². The van der Waals surface area contributed by atoms with E-state index in [-0.39, 0.29) is 0 Å². The number of nitrogens with zero attached hydrogens (tertiary/aromatic N) is 1. The smallest absolute Gasteiger partial charge is 0.243 e. The maximum Gasteiger partial charge on any atom is 0.243 e. The molecule has 1 rings (SSSR count). The van der Waals surface area contributed by atoms with Gasteiger partial charge < -0.3 is 5.73 Å². The first kappa shape index (κ1) is 18.1. The molecule has 0 atom stereocenters. The van der Waals surface area contributed by atoms with Crippen LogP contribution in [0.25, 0.3) is 0 Å². The van der Waals surface area contributed by atoms with E-state index in [1.807, 2.05) is 26.0 Å². The Morgan fingerprint density at radius 2 is 1.57 bits per heavy atom. The number of unbranched alkanes of at least 4 members (excludes halogenated alkanes) is 1. The molecule has 0 aliphatic carbocycles. The van der Waals surface area contributed by atoms with Crippen LogP contribution >= 0.6 is 0 Å². The lowest BCUT2D eigenvalue weighted by Gasteiger charge is -2.21. The molecule has 5 heteroatoms. The van der Waals surface area contributed by atoms with Crippen LogP contribution in [0.15, 0.2) is 29.2 Å². The monoisotopic (exact) mass is 312 g/mol. The molecule has 2 N–H and O–H groups in total. The van der Waals surface area contributed by atoms with Crippen LogP contribution < -0.4 is 5.73 Å². The third-order valence-corrected chi connectivity index (χ3v) is 5.34. The molecule has 0 aromatic heterocycles. The van der Waals surface area contributed by atoms with Crippen LogP contribution in [0.1, 0.15) is 45.1 Å². The molecule has 1 aromatic carbocycles. The van der Waals surface area contributed by atoms with Crippen LogP contribution in [0.5, 0.6) is 0 Å². The predicted molar refractivity (Wildman–Crippen MR) is 87.8 cm³/mol. The number of hydrogen-bond donors (Lipinski definition) is 1. The molecule has 0 bridgehead atoms. The molecule has 0 saturated heterocycles. The van der Waals surface area contributed by atoms with Gasteiger partial charge in [-0.25, -0.2) is 8.42 Å². The van der Waals surface area contributed by atoms with Gasteiger partial charge in [-0.15, -0.1) is 0 Å². The highest BCUT2D eigenvalue weighted by Gasteiger charge is 2.22. The summed E-state index contributed by atoms with van der Waals surface area (Å²) in [6.07, 6.45) is 4.65. The molecule has 0 aliphatic rings. The average molecular weight is 312 g/mol. The van der Waals surface area contributed by atoms with Crippen molar-refractivity contribution in [2.24, 2.45) is 5.73 Å². The highest BCUT2D eigenvalue weighted by Crippen LogP contribution is 2.18. The van der Waals surface area contributed by atoms with Crippen LogP contribution in [-0.4, -0.2) is 32.4 Å². The first-order valence-corrected chi connectivity index (χ1v) is 9.29. The molecular weight excluding hydrogens is 284 g/mol. The lowest BCUT2D eigenvalue weighted by atomic mass is 10.1. The van der Waals surface area contributed by atoms with Crippen molar-refractivity contribution >= 4 is 10.0 Å². The summed E-state index contributed by atoms with van der Waals surface area (Å²) in [5.41, 5.74) is 6.65. The second-order valence-corrected chi connectivity index (χ2v) is 7.23. The second kappa shape index (κ2) is 9.18. The molecule has 0 unspecified atom stereocenters. The maximum absolute atomic E-state index is 12.6. The van der Waals surface area contributed by atoms with Crippen molar-refractivity contribution < 1.29 is 8.42 Å². The quantitative estimate of drug-likeness (QED) is 0.676. The van der Waals surface area contributed by atoms with E-state index in [1.165, 1.54) is 5.56 Å². The number of hydrogen-bond acceptors (Lipinski definition) is 3. The van der Waals surface area contributed by atoms with Crippen LogP contribution in [0.2, 0.25) is 0 Å². The standard InChI is InChI=1S/C16H28N2O2S/c1-3-13-18(14-4-2)21(19,20)16-10-8-15(9-11-16)7-5-6-12-17/h8-11H,3-7,12-14,17H2,1-2H3. The van der Waals surface area contributed by atoms with E-state index < -0.39 is 10.0 Å². The van der Waals surface area contributed by atoms with Crippen molar-refractivity contribution in [3.8, 4) is 0 Å². The van der Waals surface area contributed by atoms with Crippen LogP contribution in [0.3, 0.4) is 0 Å². The summed E-state index contributed by atoms with van der Waals surface area (Å²) in [7, 11) is -3.35. The minimum absolute atomic E-state index is 0.395. The zero-order valence-electron chi connectivity index (χ0n) is 13.2. The molecule has 4 nitrogen and oxygen atoms in total. The Morgan fingerprint density at radius 1 is 1.00 bits per heavy atom. The average Bonchev–Trinajstić information content (AvgIpc) is 2.48. The summed E-state index contributed by atoms with van der Waals surface area (Å²) in [5.74, 6) is 0. The lowest BCUT2D eigenvalue weighted by molar-refractivity contribution is 0.410. The van der Waals surface area contributed by atoms with E-state index in [1.54, 1.807) is 16.4 Å². The van der Waals surface area contributed by atoms with E-state index in [4.69, 9.17) is 5.73 Å². The summed E-state index contributed by atoms with van der Waals surface area (Å²) in [5, 5.41) is 0. The fourth-order valence-electron chi connectivity index (χ4n) is 2.30. The Hall–Kier alpha value is -0.910. The Kier molecular flexibility index (Phi) is 7.93. The first-order chi connectivity index (χ1) is 10.1. The Morgan fingerprint density at radius 3 is 2.05 bits per heavy atom. The zero-order chi connectivity index (χ0) is 15.7. The molecule has 0 heterocycles. The van der Waals surface area contributed by atoms with Gasteiger partial charge in [0.25, 0.3) is 0 Å². The Labute approximate surface area is 129 Å². The normalized spacial score (nSPS) is 12.0. The molecule has 0 aliphatic heterocycles. The van der Waals surface area contributed by atoms with Crippen molar-refractivity contribution in [1.29, 1.82) is 0 Å². The van der Waals surface area contributed by atoms with Crippen molar-refractivity contribution in [2.75, 3.05) is 19.6 Å². The fraction of sp³-hybridized carbons (Fsp3) is 0.625. The molecule has 0 fully saturated rings. The van der Waals surface area contributed by atoms with Crippen molar-refractivity contribution in [3.05, 3.63) is 29.8 Å². The highest BCUT2D eigenvalue weighted by atomic mass is 32.2. The summed E-state index contributed by atoms with van der Waals surface area (Å²) in [6, 6.07) is 7.29. The molecule has 0 spiro atoms. The minimum atomic E-state index is -3.35. The SMILES string of the molecule is CCCN(CCC)S(=O)(=O)c1ccc(CCCCN)cc1. The number of benzene rings is 1.